The van der Waals surface area contributed by atoms with Crippen molar-refractivity contribution >= 4 is 27.3 Å². The summed E-state index contributed by atoms with van der Waals surface area (Å²) in [6.07, 6.45) is 0. The van der Waals surface area contributed by atoms with Crippen LogP contribution < -0.4 is 9.62 Å². The van der Waals surface area contributed by atoms with Gasteiger partial charge in [-0.05, 0) is 55.5 Å². The molecule has 3 aromatic carbocycles. The van der Waals surface area contributed by atoms with Gasteiger partial charge in [0.15, 0.2) is 5.82 Å². The summed E-state index contributed by atoms with van der Waals surface area (Å²) in [5, 5.41) is 10.1. The maximum atomic E-state index is 13.0. The van der Waals surface area contributed by atoms with E-state index in [-0.39, 0.29) is 16.7 Å². The van der Waals surface area contributed by atoms with E-state index in [9.17, 15) is 13.2 Å². The van der Waals surface area contributed by atoms with Crippen molar-refractivity contribution in [1.82, 2.24) is 15.2 Å². The molecule has 0 saturated carbocycles. The van der Waals surface area contributed by atoms with E-state index in [0.717, 1.165) is 11.4 Å². The molecule has 0 radical (unpaired) electrons. The summed E-state index contributed by atoms with van der Waals surface area (Å²) >= 11 is 0. The number of benzene rings is 3. The molecule has 0 unspecified atom stereocenters. The Balaban J connectivity index is 1.53. The van der Waals surface area contributed by atoms with E-state index in [1.807, 2.05) is 39.0 Å². The largest absolute Gasteiger partial charge is 0.321 e. The minimum Gasteiger partial charge on any atom is -0.321 e. The molecule has 0 spiro atoms. The molecule has 4 rings (SSSR count). The number of H-pyrrole nitrogens is 1. The Labute approximate surface area is 205 Å². The summed E-state index contributed by atoms with van der Waals surface area (Å²) in [7, 11) is -2.23. The van der Waals surface area contributed by atoms with Crippen LogP contribution in [0, 0.1) is 6.92 Å². The molecule has 0 fully saturated rings. The number of carbonyl (C=O) groups is 1. The van der Waals surface area contributed by atoms with Crippen LogP contribution in [0.3, 0.4) is 0 Å². The zero-order valence-corrected chi connectivity index (χ0v) is 20.8. The van der Waals surface area contributed by atoms with Gasteiger partial charge >= 0.3 is 0 Å². The third-order valence-electron chi connectivity index (χ3n) is 5.64. The number of aryl methyl sites for hydroxylation is 1. The van der Waals surface area contributed by atoms with E-state index in [1.165, 1.54) is 11.4 Å². The Morgan fingerprint density at radius 1 is 0.971 bits per heavy atom. The number of nitrogens with one attached hydrogen (secondary N) is 2. The van der Waals surface area contributed by atoms with Crippen molar-refractivity contribution in [2.75, 3.05) is 16.7 Å². The summed E-state index contributed by atoms with van der Waals surface area (Å²) in [6.45, 7) is 5.94. The fourth-order valence-electron chi connectivity index (χ4n) is 3.46. The average molecular weight is 490 g/mol. The lowest BCUT2D eigenvalue weighted by Gasteiger charge is -2.20. The molecule has 35 heavy (non-hydrogen) atoms. The van der Waals surface area contributed by atoms with Gasteiger partial charge in [-0.2, -0.15) is 5.10 Å². The van der Waals surface area contributed by atoms with Crippen molar-refractivity contribution in [3.8, 4) is 11.4 Å². The molecule has 1 amide bonds. The summed E-state index contributed by atoms with van der Waals surface area (Å²) in [5.41, 5.74) is 3.10. The number of hydrogen-bond donors (Lipinski definition) is 2. The van der Waals surface area contributed by atoms with E-state index < -0.39 is 10.0 Å². The number of nitrogens with zero attached hydrogens (tertiary/aromatic N) is 3. The highest BCUT2D eigenvalue weighted by Crippen LogP contribution is 2.27. The second-order valence-corrected chi connectivity index (χ2v) is 10.5. The van der Waals surface area contributed by atoms with Crippen LogP contribution in [-0.4, -0.2) is 36.6 Å². The number of anilines is 2. The maximum Gasteiger partial charge on any atom is 0.264 e. The van der Waals surface area contributed by atoms with Crippen molar-refractivity contribution in [2.24, 2.45) is 0 Å². The van der Waals surface area contributed by atoms with Crippen molar-refractivity contribution in [1.29, 1.82) is 0 Å². The molecule has 9 heteroatoms. The summed E-state index contributed by atoms with van der Waals surface area (Å²) in [5.74, 6) is 1.14. The predicted molar refractivity (Wildman–Crippen MR) is 137 cm³/mol. The van der Waals surface area contributed by atoms with Gasteiger partial charge in [0.1, 0.15) is 5.82 Å². The number of hydrogen-bond acceptors (Lipinski definition) is 5. The third-order valence-corrected chi connectivity index (χ3v) is 7.44. The number of amides is 1. The van der Waals surface area contributed by atoms with Gasteiger partial charge in [-0.3, -0.25) is 14.2 Å². The van der Waals surface area contributed by atoms with Gasteiger partial charge in [-0.15, -0.1) is 0 Å². The maximum absolute atomic E-state index is 13.0. The third kappa shape index (κ3) is 5.09. The molecule has 1 heterocycles. The highest BCUT2D eigenvalue weighted by molar-refractivity contribution is 7.92. The Kier molecular flexibility index (Phi) is 6.70. The number of rotatable bonds is 7. The molecule has 0 saturated heterocycles. The standard InChI is InChI=1S/C26H27N5O3S/c1-17(2)24-28-25(30-29-24)22-7-5-6-8-23(22)27-26(32)19-11-13-20(14-12-19)31(4)35(33,34)21-15-9-18(3)10-16-21/h5-17H,1-4H3,(H,27,32)(H,28,29,30). The molecular formula is C26H27N5O3S. The van der Waals surface area contributed by atoms with Gasteiger partial charge in [-0.1, -0.05) is 43.7 Å². The van der Waals surface area contributed by atoms with Crippen LogP contribution in [0.4, 0.5) is 11.4 Å². The van der Waals surface area contributed by atoms with Crippen molar-refractivity contribution in [2.45, 2.75) is 31.6 Å². The lowest BCUT2D eigenvalue weighted by Crippen LogP contribution is -2.26. The molecule has 0 bridgehead atoms. The SMILES string of the molecule is Cc1ccc(S(=O)(=O)N(C)c2ccc(C(=O)Nc3ccccc3-c3n[nH]c(C(C)C)n3)cc2)cc1. The fourth-order valence-corrected chi connectivity index (χ4v) is 4.66. The molecule has 180 valence electrons. The first kappa shape index (κ1) is 24.2. The Morgan fingerprint density at radius 3 is 2.26 bits per heavy atom. The Morgan fingerprint density at radius 2 is 1.63 bits per heavy atom. The van der Waals surface area contributed by atoms with Gasteiger partial charge in [0.25, 0.3) is 15.9 Å². The molecule has 0 aliphatic carbocycles. The first-order valence-electron chi connectivity index (χ1n) is 11.2. The number of carbonyl (C=O) groups excluding carboxylic acids is 1. The molecular weight excluding hydrogens is 462 g/mol. The van der Waals surface area contributed by atoms with Gasteiger partial charge in [0.05, 0.1) is 16.3 Å². The highest BCUT2D eigenvalue weighted by atomic mass is 32.2. The topological polar surface area (TPSA) is 108 Å². The second-order valence-electron chi connectivity index (χ2n) is 8.53. The first-order valence-corrected chi connectivity index (χ1v) is 12.6. The van der Waals surface area contributed by atoms with E-state index in [0.29, 0.717) is 28.3 Å². The average Bonchev–Trinajstić information content (AvgIpc) is 3.35. The number of aromatic amines is 1. The van der Waals surface area contributed by atoms with Crippen LogP contribution in [0.5, 0.6) is 0 Å². The Bertz CT molecular complexity index is 1440. The minimum atomic E-state index is -3.72. The van der Waals surface area contributed by atoms with Gasteiger partial charge in [0.2, 0.25) is 0 Å². The molecule has 1 aromatic heterocycles. The zero-order valence-electron chi connectivity index (χ0n) is 20.0. The van der Waals surface area contributed by atoms with Crippen LogP contribution in [0.1, 0.15) is 41.5 Å². The normalized spacial score (nSPS) is 11.5. The predicted octanol–water partition coefficient (Wildman–Crippen LogP) is 4.98. The van der Waals surface area contributed by atoms with Crippen LogP contribution in [0.25, 0.3) is 11.4 Å². The van der Waals surface area contributed by atoms with Crippen molar-refractivity contribution in [3.05, 3.63) is 89.7 Å². The van der Waals surface area contributed by atoms with E-state index in [4.69, 9.17) is 0 Å². The monoisotopic (exact) mass is 489 g/mol. The molecule has 0 aliphatic heterocycles. The van der Waals surface area contributed by atoms with Crippen LogP contribution >= 0.6 is 0 Å². The van der Waals surface area contributed by atoms with Crippen LogP contribution in [0.2, 0.25) is 0 Å². The van der Waals surface area contributed by atoms with Gasteiger partial charge < -0.3 is 5.32 Å². The van der Waals surface area contributed by atoms with E-state index in [1.54, 1.807) is 54.6 Å². The highest BCUT2D eigenvalue weighted by Gasteiger charge is 2.21. The van der Waals surface area contributed by atoms with Gasteiger partial charge in [0, 0.05) is 24.1 Å². The van der Waals surface area contributed by atoms with Crippen molar-refractivity contribution < 1.29 is 13.2 Å². The van der Waals surface area contributed by atoms with Crippen molar-refractivity contribution in [3.63, 3.8) is 0 Å². The number of para-hydroxylation sites is 1. The summed E-state index contributed by atoms with van der Waals surface area (Å²) < 4.78 is 27.1. The molecule has 8 nitrogen and oxygen atoms in total. The molecule has 2 N–H and O–H groups in total. The quantitative estimate of drug-likeness (QED) is 0.381. The van der Waals surface area contributed by atoms with Crippen LogP contribution in [-0.2, 0) is 10.0 Å². The minimum absolute atomic E-state index is 0.199. The molecule has 4 aromatic rings. The fraction of sp³-hybridized carbons (Fsp3) is 0.192. The lowest BCUT2D eigenvalue weighted by atomic mass is 10.1. The Hall–Kier alpha value is -3.98. The summed E-state index contributed by atoms with van der Waals surface area (Å²) in [4.78, 5) is 17.7. The summed E-state index contributed by atoms with van der Waals surface area (Å²) in [6, 6.07) is 20.4. The smallest absolute Gasteiger partial charge is 0.264 e. The zero-order chi connectivity index (χ0) is 25.2. The lowest BCUT2D eigenvalue weighted by molar-refractivity contribution is 0.102. The van der Waals surface area contributed by atoms with E-state index in [2.05, 4.69) is 20.5 Å². The first-order chi connectivity index (χ1) is 16.7. The second kappa shape index (κ2) is 9.71. The number of aromatic nitrogens is 3. The van der Waals surface area contributed by atoms with Crippen LogP contribution in [0.15, 0.2) is 77.7 Å². The van der Waals surface area contributed by atoms with Gasteiger partial charge in [-0.25, -0.2) is 13.4 Å². The number of sulfonamides is 1. The van der Waals surface area contributed by atoms with E-state index >= 15 is 0 Å². The molecule has 0 aliphatic rings. The molecule has 0 atom stereocenters.